The van der Waals surface area contributed by atoms with Crippen LogP contribution in [-0.2, 0) is 0 Å². The molecular weight excluding hydrogens is 386 g/mol. The van der Waals surface area contributed by atoms with Crippen molar-refractivity contribution in [3.05, 3.63) is 102 Å². The fourth-order valence-electron chi connectivity index (χ4n) is 3.11. The standard InChI is InChI=1S/C24H14F2N2O2/c25-19-12-11-17(13-20(19)26)23(29)28-24-18(14-27)21(15-7-3-1-4-8-15)22(30-24)16-9-5-2-6-10-16/h1-13H,(H,28,29). The highest BCUT2D eigenvalue weighted by molar-refractivity contribution is 6.05. The Morgan fingerprint density at radius 3 is 2.10 bits per heavy atom. The van der Waals surface area contributed by atoms with Crippen molar-refractivity contribution in [2.45, 2.75) is 0 Å². The number of nitriles is 1. The highest BCUT2D eigenvalue weighted by Gasteiger charge is 2.24. The lowest BCUT2D eigenvalue weighted by molar-refractivity contribution is 0.102. The number of carbonyl (C=O) groups excluding carboxylic acids is 1. The van der Waals surface area contributed by atoms with Crippen LogP contribution in [0.15, 0.2) is 83.3 Å². The van der Waals surface area contributed by atoms with Crippen LogP contribution < -0.4 is 5.32 Å². The van der Waals surface area contributed by atoms with Gasteiger partial charge in [0.05, 0.1) is 0 Å². The first-order chi connectivity index (χ1) is 14.6. The highest BCUT2D eigenvalue weighted by Crippen LogP contribution is 2.41. The Bertz CT molecular complexity index is 1260. The Morgan fingerprint density at radius 1 is 0.867 bits per heavy atom. The van der Waals surface area contributed by atoms with Gasteiger partial charge in [0, 0.05) is 16.7 Å². The molecule has 0 aliphatic heterocycles. The molecule has 0 aliphatic carbocycles. The van der Waals surface area contributed by atoms with Crippen LogP contribution >= 0.6 is 0 Å². The molecule has 3 aromatic carbocycles. The van der Waals surface area contributed by atoms with Crippen molar-refractivity contribution in [2.24, 2.45) is 0 Å². The number of carbonyl (C=O) groups is 1. The fraction of sp³-hybridized carbons (Fsp3) is 0. The average Bonchev–Trinajstić information content (AvgIpc) is 3.15. The summed E-state index contributed by atoms with van der Waals surface area (Å²) in [5.41, 5.74) is 2.03. The highest BCUT2D eigenvalue weighted by atomic mass is 19.2. The van der Waals surface area contributed by atoms with E-state index in [0.717, 1.165) is 29.3 Å². The zero-order valence-electron chi connectivity index (χ0n) is 15.5. The summed E-state index contributed by atoms with van der Waals surface area (Å²) in [6.45, 7) is 0. The molecular formula is C24H14F2N2O2. The molecule has 0 saturated carbocycles. The Kier molecular flexibility index (Phi) is 5.10. The second kappa shape index (κ2) is 8.02. The van der Waals surface area contributed by atoms with E-state index < -0.39 is 17.5 Å². The number of benzene rings is 3. The van der Waals surface area contributed by atoms with E-state index in [4.69, 9.17) is 4.42 Å². The summed E-state index contributed by atoms with van der Waals surface area (Å²) >= 11 is 0. The Morgan fingerprint density at radius 2 is 1.50 bits per heavy atom. The van der Waals surface area contributed by atoms with Gasteiger partial charge in [0.15, 0.2) is 11.6 Å². The van der Waals surface area contributed by atoms with Crippen LogP contribution in [-0.4, -0.2) is 5.91 Å². The van der Waals surface area contributed by atoms with Crippen LogP contribution in [0.25, 0.3) is 22.5 Å². The minimum absolute atomic E-state index is 0.0649. The van der Waals surface area contributed by atoms with Crippen molar-refractivity contribution in [1.82, 2.24) is 0 Å². The van der Waals surface area contributed by atoms with E-state index in [1.807, 2.05) is 60.7 Å². The van der Waals surface area contributed by atoms with E-state index in [1.54, 1.807) is 0 Å². The van der Waals surface area contributed by atoms with Crippen LogP contribution in [0.4, 0.5) is 14.7 Å². The van der Waals surface area contributed by atoms with Gasteiger partial charge in [-0.3, -0.25) is 10.1 Å². The molecule has 146 valence electrons. The Labute approximate surface area is 171 Å². The SMILES string of the molecule is N#Cc1c(NC(=O)c2ccc(F)c(F)c2)oc(-c2ccccc2)c1-c1ccccc1. The molecule has 6 heteroatoms. The maximum absolute atomic E-state index is 13.5. The molecule has 4 rings (SSSR count). The smallest absolute Gasteiger partial charge is 0.258 e. The number of hydrogen-bond donors (Lipinski definition) is 1. The normalized spacial score (nSPS) is 10.4. The van der Waals surface area contributed by atoms with Crippen molar-refractivity contribution in [3.63, 3.8) is 0 Å². The first-order valence-electron chi connectivity index (χ1n) is 9.02. The minimum Gasteiger partial charge on any atom is -0.438 e. The van der Waals surface area contributed by atoms with Gasteiger partial charge in [-0.1, -0.05) is 60.7 Å². The zero-order valence-corrected chi connectivity index (χ0v) is 15.5. The van der Waals surface area contributed by atoms with Gasteiger partial charge < -0.3 is 4.42 Å². The van der Waals surface area contributed by atoms with E-state index in [0.29, 0.717) is 11.3 Å². The molecule has 0 aliphatic rings. The van der Waals surface area contributed by atoms with E-state index in [9.17, 15) is 18.8 Å². The van der Waals surface area contributed by atoms with E-state index in [1.165, 1.54) is 0 Å². The Balaban J connectivity index is 1.83. The number of nitrogens with zero attached hydrogens (tertiary/aromatic N) is 1. The van der Waals surface area contributed by atoms with Crippen LogP contribution in [0.3, 0.4) is 0 Å². The molecule has 4 aromatic rings. The molecule has 0 atom stereocenters. The van der Waals surface area contributed by atoms with Crippen LogP contribution in [0.5, 0.6) is 0 Å². The third kappa shape index (κ3) is 3.56. The lowest BCUT2D eigenvalue weighted by Gasteiger charge is -2.03. The number of anilines is 1. The summed E-state index contributed by atoms with van der Waals surface area (Å²) in [5.74, 6) is -2.57. The fourth-order valence-corrected chi connectivity index (χ4v) is 3.11. The number of halogens is 2. The van der Waals surface area contributed by atoms with Gasteiger partial charge in [-0.2, -0.15) is 5.26 Å². The largest absolute Gasteiger partial charge is 0.438 e. The maximum Gasteiger partial charge on any atom is 0.258 e. The van der Waals surface area contributed by atoms with Crippen LogP contribution in [0.2, 0.25) is 0 Å². The average molecular weight is 400 g/mol. The number of amides is 1. The predicted octanol–water partition coefficient (Wildman–Crippen LogP) is 6.02. The second-order valence-corrected chi connectivity index (χ2v) is 6.44. The van der Waals surface area contributed by atoms with Gasteiger partial charge in [0.2, 0.25) is 5.88 Å². The molecule has 1 aromatic heterocycles. The summed E-state index contributed by atoms with van der Waals surface area (Å²) in [7, 11) is 0. The molecule has 0 unspecified atom stereocenters. The summed E-state index contributed by atoms with van der Waals surface area (Å²) in [6, 6.07) is 23.2. The van der Waals surface area contributed by atoms with E-state index >= 15 is 0 Å². The first-order valence-corrected chi connectivity index (χ1v) is 9.02. The monoisotopic (exact) mass is 400 g/mol. The van der Waals surface area contributed by atoms with Gasteiger partial charge in [-0.25, -0.2) is 8.78 Å². The third-order valence-corrected chi connectivity index (χ3v) is 4.53. The van der Waals surface area contributed by atoms with Crippen molar-refractivity contribution in [2.75, 3.05) is 5.32 Å². The summed E-state index contributed by atoms with van der Waals surface area (Å²) in [5, 5.41) is 12.3. The number of rotatable bonds is 4. The van der Waals surface area contributed by atoms with E-state index in [-0.39, 0.29) is 17.0 Å². The quantitative estimate of drug-likeness (QED) is 0.456. The van der Waals surface area contributed by atoms with Gasteiger partial charge in [0.1, 0.15) is 17.4 Å². The molecule has 0 bridgehead atoms. The molecule has 0 spiro atoms. The van der Waals surface area contributed by atoms with Crippen molar-refractivity contribution in [3.8, 4) is 28.5 Å². The molecule has 0 radical (unpaired) electrons. The van der Waals surface area contributed by atoms with Gasteiger partial charge in [-0.15, -0.1) is 0 Å². The predicted molar refractivity (Wildman–Crippen MR) is 109 cm³/mol. The molecule has 0 fully saturated rings. The van der Waals surface area contributed by atoms with Crippen LogP contribution in [0, 0.1) is 23.0 Å². The summed E-state index contributed by atoms with van der Waals surface area (Å²) < 4.78 is 32.6. The number of nitrogens with one attached hydrogen (secondary N) is 1. The summed E-state index contributed by atoms with van der Waals surface area (Å²) in [4.78, 5) is 12.6. The third-order valence-electron chi connectivity index (χ3n) is 4.53. The molecule has 0 saturated heterocycles. The number of furan rings is 1. The van der Waals surface area contributed by atoms with Crippen LogP contribution in [0.1, 0.15) is 15.9 Å². The Hall–Kier alpha value is -4.24. The molecule has 1 heterocycles. The van der Waals surface area contributed by atoms with Crippen molar-refractivity contribution in [1.29, 1.82) is 5.26 Å². The molecule has 1 amide bonds. The molecule has 4 nitrogen and oxygen atoms in total. The molecule has 30 heavy (non-hydrogen) atoms. The van der Waals surface area contributed by atoms with E-state index in [2.05, 4.69) is 11.4 Å². The lowest BCUT2D eigenvalue weighted by atomic mass is 9.98. The van der Waals surface area contributed by atoms with Crippen molar-refractivity contribution < 1.29 is 18.0 Å². The minimum atomic E-state index is -1.14. The van der Waals surface area contributed by atoms with Gasteiger partial charge in [-0.05, 0) is 23.8 Å². The topological polar surface area (TPSA) is 66.0 Å². The number of hydrogen-bond acceptors (Lipinski definition) is 3. The summed E-state index contributed by atoms with van der Waals surface area (Å²) in [6.07, 6.45) is 0. The zero-order chi connectivity index (χ0) is 21.1. The van der Waals surface area contributed by atoms with Gasteiger partial charge in [0.25, 0.3) is 5.91 Å². The van der Waals surface area contributed by atoms with Gasteiger partial charge >= 0.3 is 0 Å². The lowest BCUT2D eigenvalue weighted by Crippen LogP contribution is -2.12. The van der Waals surface area contributed by atoms with Crippen molar-refractivity contribution >= 4 is 11.8 Å². The maximum atomic E-state index is 13.5. The molecule has 1 N–H and O–H groups in total. The first kappa shape index (κ1) is 19.1. The second-order valence-electron chi connectivity index (χ2n) is 6.44.